The molecular formula is C23H23FN8O. The average Bonchev–Trinajstić information content (AvgIpc) is 3.32. The van der Waals surface area contributed by atoms with E-state index in [0.717, 1.165) is 5.69 Å². The monoisotopic (exact) mass is 446 g/mol. The van der Waals surface area contributed by atoms with Crippen molar-refractivity contribution in [2.24, 2.45) is 0 Å². The third kappa shape index (κ3) is 3.63. The van der Waals surface area contributed by atoms with Gasteiger partial charge in [-0.1, -0.05) is 31.2 Å². The van der Waals surface area contributed by atoms with Gasteiger partial charge >= 0.3 is 0 Å². The first-order chi connectivity index (χ1) is 16.1. The molecule has 0 spiro atoms. The fourth-order valence-corrected chi connectivity index (χ4v) is 4.07. The van der Waals surface area contributed by atoms with Gasteiger partial charge in [0.25, 0.3) is 5.56 Å². The van der Waals surface area contributed by atoms with Gasteiger partial charge in [0.15, 0.2) is 17.3 Å². The van der Waals surface area contributed by atoms with E-state index in [1.54, 1.807) is 18.4 Å². The molecule has 168 valence electrons. The molecule has 10 heteroatoms. The maximum atomic E-state index is 14.8. The van der Waals surface area contributed by atoms with Crippen LogP contribution in [0.2, 0.25) is 0 Å². The lowest BCUT2D eigenvalue weighted by Crippen LogP contribution is -2.55. The molecule has 0 saturated heterocycles. The number of hydrogen-bond donors (Lipinski definition) is 2. The van der Waals surface area contributed by atoms with Crippen LogP contribution in [0, 0.1) is 0 Å². The second-order valence-corrected chi connectivity index (χ2v) is 7.78. The van der Waals surface area contributed by atoms with E-state index in [-0.39, 0.29) is 11.6 Å². The van der Waals surface area contributed by atoms with Crippen molar-refractivity contribution in [1.29, 1.82) is 0 Å². The summed E-state index contributed by atoms with van der Waals surface area (Å²) in [5, 5.41) is 5.49. The molecule has 0 aliphatic heterocycles. The fourth-order valence-electron chi connectivity index (χ4n) is 4.07. The molecule has 0 fully saturated rings. The molecule has 2 N–H and O–H groups in total. The highest BCUT2D eigenvalue weighted by atomic mass is 19.1. The van der Waals surface area contributed by atoms with E-state index in [9.17, 15) is 9.18 Å². The summed E-state index contributed by atoms with van der Waals surface area (Å²) >= 11 is 0. The zero-order valence-corrected chi connectivity index (χ0v) is 18.3. The van der Waals surface area contributed by atoms with Crippen molar-refractivity contribution in [2.45, 2.75) is 32.2 Å². The second kappa shape index (κ2) is 8.45. The molecule has 0 amide bonds. The Labute approximate surface area is 188 Å². The SMILES string of the molecule is CCC(Nc1ncnc2nc[nH]c12)c1nc2c(c(=O)n1N(C)c1ccccc1)=C(F)CCC=2. The summed E-state index contributed by atoms with van der Waals surface area (Å²) in [6.07, 6.45) is 6.11. The molecule has 3 heterocycles. The Bertz CT molecular complexity index is 1490. The van der Waals surface area contributed by atoms with Gasteiger partial charge < -0.3 is 10.3 Å². The largest absolute Gasteiger partial charge is 0.358 e. The summed E-state index contributed by atoms with van der Waals surface area (Å²) in [7, 11) is 1.77. The van der Waals surface area contributed by atoms with E-state index in [0.29, 0.717) is 41.0 Å². The number of hydrogen-bond acceptors (Lipinski definition) is 7. The van der Waals surface area contributed by atoms with Crippen LogP contribution in [0.15, 0.2) is 47.8 Å². The summed E-state index contributed by atoms with van der Waals surface area (Å²) in [6.45, 7) is 1.98. The third-order valence-electron chi connectivity index (χ3n) is 5.77. The van der Waals surface area contributed by atoms with Crippen LogP contribution in [0.25, 0.3) is 23.1 Å². The first kappa shape index (κ1) is 20.8. The number of fused-ring (bicyclic) bond motifs is 2. The quantitative estimate of drug-likeness (QED) is 0.467. The minimum atomic E-state index is -0.440. The molecule has 33 heavy (non-hydrogen) atoms. The van der Waals surface area contributed by atoms with E-state index in [2.05, 4.69) is 25.3 Å². The molecule has 1 aliphatic rings. The van der Waals surface area contributed by atoms with Crippen LogP contribution in [-0.4, -0.2) is 36.6 Å². The summed E-state index contributed by atoms with van der Waals surface area (Å²) in [5.41, 5.74) is 1.52. The van der Waals surface area contributed by atoms with Crippen molar-refractivity contribution in [3.63, 3.8) is 0 Å². The number of H-pyrrole nitrogens is 1. The predicted molar refractivity (Wildman–Crippen MR) is 125 cm³/mol. The molecule has 1 atom stereocenters. The van der Waals surface area contributed by atoms with Gasteiger partial charge in [-0.25, -0.2) is 29.0 Å². The highest BCUT2D eigenvalue weighted by molar-refractivity contribution is 5.82. The first-order valence-electron chi connectivity index (χ1n) is 10.8. The summed E-state index contributed by atoms with van der Waals surface area (Å²) in [5.74, 6) is 0.583. The highest BCUT2D eigenvalue weighted by Gasteiger charge is 2.24. The lowest BCUT2D eigenvalue weighted by atomic mass is 10.1. The molecule has 5 rings (SSSR count). The van der Waals surface area contributed by atoms with Crippen LogP contribution in [0.4, 0.5) is 15.9 Å². The zero-order chi connectivity index (χ0) is 22.9. The van der Waals surface area contributed by atoms with E-state index in [4.69, 9.17) is 4.98 Å². The molecule has 1 aromatic carbocycles. The van der Waals surface area contributed by atoms with E-state index < -0.39 is 17.4 Å². The number of nitrogens with one attached hydrogen (secondary N) is 2. The number of benzene rings is 1. The first-order valence-corrected chi connectivity index (χ1v) is 10.8. The van der Waals surface area contributed by atoms with Crippen molar-refractivity contribution in [2.75, 3.05) is 17.4 Å². The number of aromatic nitrogens is 6. The highest BCUT2D eigenvalue weighted by Crippen LogP contribution is 2.24. The topological polar surface area (TPSA) is 105 Å². The predicted octanol–water partition coefficient (Wildman–Crippen LogP) is 2.02. The van der Waals surface area contributed by atoms with Crippen LogP contribution in [0.5, 0.6) is 0 Å². The van der Waals surface area contributed by atoms with Crippen LogP contribution < -0.4 is 26.5 Å². The standard InChI is InChI=1S/C23H23FN8O/c1-3-16(29-21-19-20(26-12-25-19)27-13-28-21)22-30-17-11-7-10-15(24)18(17)23(33)32(22)31(2)14-8-5-4-6-9-14/h4-6,8-9,11-13,16H,3,7,10H2,1-2H3,(H2,25,26,27,28,29). The zero-order valence-electron chi connectivity index (χ0n) is 18.3. The molecule has 4 aromatic rings. The van der Waals surface area contributed by atoms with Gasteiger partial charge in [-0.3, -0.25) is 9.80 Å². The maximum absolute atomic E-state index is 14.8. The van der Waals surface area contributed by atoms with E-state index in [1.807, 2.05) is 43.3 Å². The third-order valence-corrected chi connectivity index (χ3v) is 5.77. The smallest absolute Gasteiger partial charge is 0.283 e. The van der Waals surface area contributed by atoms with Gasteiger partial charge in [0.1, 0.15) is 17.7 Å². The molecule has 3 aromatic heterocycles. The van der Waals surface area contributed by atoms with Gasteiger partial charge in [0, 0.05) is 13.5 Å². The van der Waals surface area contributed by atoms with Crippen molar-refractivity contribution >= 4 is 34.6 Å². The minimum absolute atomic E-state index is 0.0284. The Kier molecular flexibility index (Phi) is 5.33. The van der Waals surface area contributed by atoms with Crippen LogP contribution in [0.1, 0.15) is 38.1 Å². The van der Waals surface area contributed by atoms with Gasteiger partial charge in [-0.05, 0) is 25.0 Å². The Morgan fingerprint density at radius 3 is 2.85 bits per heavy atom. The molecule has 0 bridgehead atoms. The van der Waals surface area contributed by atoms with Gasteiger partial charge in [0.05, 0.1) is 28.6 Å². The van der Waals surface area contributed by atoms with E-state index >= 15 is 0 Å². The Balaban J connectivity index is 1.72. The minimum Gasteiger partial charge on any atom is -0.358 e. The Hall–Kier alpha value is -4.08. The van der Waals surface area contributed by atoms with Crippen LogP contribution >= 0.6 is 0 Å². The van der Waals surface area contributed by atoms with Crippen LogP contribution in [0.3, 0.4) is 0 Å². The summed E-state index contributed by atoms with van der Waals surface area (Å²) in [4.78, 5) is 34.1. The Morgan fingerprint density at radius 2 is 2.06 bits per heavy atom. The second-order valence-electron chi connectivity index (χ2n) is 7.78. The van der Waals surface area contributed by atoms with Crippen molar-refractivity contribution < 1.29 is 4.39 Å². The number of rotatable bonds is 6. The van der Waals surface area contributed by atoms with Crippen molar-refractivity contribution in [1.82, 2.24) is 29.6 Å². The molecule has 0 saturated carbocycles. The lowest BCUT2D eigenvalue weighted by molar-refractivity contribution is 0.573. The Morgan fingerprint density at radius 1 is 1.24 bits per heavy atom. The number of halogens is 1. The van der Waals surface area contributed by atoms with Crippen molar-refractivity contribution in [3.05, 3.63) is 69.7 Å². The molecule has 1 aliphatic carbocycles. The molecule has 9 nitrogen and oxygen atoms in total. The molecule has 1 unspecified atom stereocenters. The number of para-hydroxylation sites is 1. The van der Waals surface area contributed by atoms with Gasteiger partial charge in [-0.2, -0.15) is 0 Å². The number of nitrogens with zero attached hydrogens (tertiary/aromatic N) is 6. The number of imidazole rings is 1. The van der Waals surface area contributed by atoms with Gasteiger partial charge in [-0.15, -0.1) is 0 Å². The maximum Gasteiger partial charge on any atom is 0.283 e. The lowest BCUT2D eigenvalue weighted by Gasteiger charge is -2.28. The average molecular weight is 446 g/mol. The summed E-state index contributed by atoms with van der Waals surface area (Å²) in [6, 6.07) is 9.04. The number of aromatic amines is 1. The molecule has 0 radical (unpaired) electrons. The number of anilines is 2. The van der Waals surface area contributed by atoms with Crippen molar-refractivity contribution in [3.8, 4) is 0 Å². The normalized spacial score (nSPS) is 14.0. The summed E-state index contributed by atoms with van der Waals surface area (Å²) < 4.78 is 16.2. The van der Waals surface area contributed by atoms with Crippen LogP contribution in [-0.2, 0) is 0 Å². The fraction of sp³-hybridized carbons (Fsp3) is 0.261. The molecular weight excluding hydrogens is 423 g/mol. The van der Waals surface area contributed by atoms with Gasteiger partial charge in [0.2, 0.25) is 0 Å². The van der Waals surface area contributed by atoms with E-state index in [1.165, 1.54) is 11.0 Å².